The van der Waals surface area contributed by atoms with E-state index in [0.717, 1.165) is 10.6 Å². The number of nitrogens with one attached hydrogen (secondary N) is 1. The van der Waals surface area contributed by atoms with Crippen LogP contribution in [0.1, 0.15) is 40.2 Å². The molecule has 0 unspecified atom stereocenters. The zero-order chi connectivity index (χ0) is 14.7. The Hall–Kier alpha value is -1.22. The first-order valence-corrected chi connectivity index (χ1v) is 6.83. The van der Waals surface area contributed by atoms with Crippen LogP contribution in [0.5, 0.6) is 0 Å². The van der Waals surface area contributed by atoms with Crippen LogP contribution >= 0.6 is 11.6 Å². The Morgan fingerprint density at radius 3 is 2.32 bits per heavy atom. The Morgan fingerprint density at radius 2 is 1.79 bits per heavy atom. The van der Waals surface area contributed by atoms with Gasteiger partial charge in [0.25, 0.3) is 0 Å². The van der Waals surface area contributed by atoms with Crippen LogP contribution in [0.15, 0.2) is 29.3 Å². The molecule has 4 heteroatoms. The third-order valence-electron chi connectivity index (χ3n) is 2.75. The van der Waals surface area contributed by atoms with E-state index >= 15 is 0 Å². The molecule has 106 valence electrons. The maximum absolute atomic E-state index is 6.24. The van der Waals surface area contributed by atoms with Crippen molar-refractivity contribution in [3.8, 4) is 0 Å². The summed E-state index contributed by atoms with van der Waals surface area (Å²) in [6.07, 6.45) is 0. The second-order valence-electron chi connectivity index (χ2n) is 6.44. The summed E-state index contributed by atoms with van der Waals surface area (Å²) in [5, 5.41) is 3.92. The summed E-state index contributed by atoms with van der Waals surface area (Å²) < 4.78 is 0. The monoisotopic (exact) mass is 281 g/mol. The summed E-state index contributed by atoms with van der Waals surface area (Å²) >= 11 is 6.24. The fourth-order valence-corrected chi connectivity index (χ4v) is 2.19. The zero-order valence-corrected chi connectivity index (χ0v) is 13.2. The van der Waals surface area contributed by atoms with Gasteiger partial charge in [0.2, 0.25) is 0 Å². The molecule has 0 saturated heterocycles. The smallest absolute Gasteiger partial charge is 0.189 e. The van der Waals surface area contributed by atoms with Crippen molar-refractivity contribution >= 4 is 17.6 Å². The minimum atomic E-state index is -0.150. The minimum Gasteiger partial charge on any atom is -0.370 e. The molecule has 19 heavy (non-hydrogen) atoms. The predicted molar refractivity (Wildman–Crippen MR) is 83.9 cm³/mol. The van der Waals surface area contributed by atoms with Gasteiger partial charge in [0, 0.05) is 16.0 Å². The first kappa shape index (κ1) is 15.8. The standard InChI is InChI=1S/C15H24ClN3/c1-14(2,3)19-13(17)18-10-15(4,5)11-8-6-7-9-12(11)16/h6-9H,10H2,1-5H3,(H3,17,18,19). The minimum absolute atomic E-state index is 0.0812. The van der Waals surface area contributed by atoms with E-state index in [1.165, 1.54) is 0 Å². The van der Waals surface area contributed by atoms with Crippen LogP contribution in [0, 0.1) is 0 Å². The molecule has 0 atom stereocenters. The Labute approximate surface area is 121 Å². The molecule has 1 rings (SSSR count). The lowest BCUT2D eigenvalue weighted by Crippen LogP contribution is -2.45. The summed E-state index contributed by atoms with van der Waals surface area (Å²) in [6.45, 7) is 11.0. The predicted octanol–water partition coefficient (Wildman–Crippen LogP) is 3.32. The number of nitrogens with two attached hydrogens (primary N) is 1. The fourth-order valence-electron chi connectivity index (χ4n) is 1.80. The van der Waals surface area contributed by atoms with Gasteiger partial charge < -0.3 is 11.1 Å². The van der Waals surface area contributed by atoms with E-state index in [0.29, 0.717) is 12.5 Å². The molecule has 0 radical (unpaired) electrons. The molecule has 0 aliphatic carbocycles. The number of halogens is 1. The highest BCUT2D eigenvalue weighted by Crippen LogP contribution is 2.29. The molecule has 0 saturated carbocycles. The highest BCUT2D eigenvalue weighted by molar-refractivity contribution is 6.31. The van der Waals surface area contributed by atoms with Gasteiger partial charge >= 0.3 is 0 Å². The third kappa shape index (κ3) is 5.11. The average Bonchev–Trinajstić information content (AvgIpc) is 2.24. The molecule has 1 aromatic carbocycles. The molecule has 0 aromatic heterocycles. The quantitative estimate of drug-likeness (QED) is 0.660. The van der Waals surface area contributed by atoms with Gasteiger partial charge in [0.15, 0.2) is 5.96 Å². The van der Waals surface area contributed by atoms with Crippen molar-refractivity contribution < 1.29 is 0 Å². The first-order valence-electron chi connectivity index (χ1n) is 6.45. The lowest BCUT2D eigenvalue weighted by molar-refractivity contribution is 0.500. The van der Waals surface area contributed by atoms with E-state index in [1.807, 2.05) is 24.3 Å². The third-order valence-corrected chi connectivity index (χ3v) is 3.08. The van der Waals surface area contributed by atoms with E-state index in [1.54, 1.807) is 0 Å². The Morgan fingerprint density at radius 1 is 1.21 bits per heavy atom. The Balaban J connectivity index is 2.81. The summed E-state index contributed by atoms with van der Waals surface area (Å²) in [5.41, 5.74) is 6.74. The van der Waals surface area contributed by atoms with Crippen LogP contribution in [-0.2, 0) is 5.41 Å². The van der Waals surface area contributed by atoms with Crippen molar-refractivity contribution in [1.29, 1.82) is 0 Å². The maximum atomic E-state index is 6.24. The molecule has 3 nitrogen and oxygen atoms in total. The SMILES string of the molecule is CC(C)(C)NC(N)=NCC(C)(C)c1ccccc1Cl. The van der Waals surface area contributed by atoms with Gasteiger partial charge in [-0.1, -0.05) is 43.6 Å². The fraction of sp³-hybridized carbons (Fsp3) is 0.533. The maximum Gasteiger partial charge on any atom is 0.189 e. The highest BCUT2D eigenvalue weighted by Gasteiger charge is 2.23. The summed E-state index contributed by atoms with van der Waals surface area (Å²) in [7, 11) is 0. The topological polar surface area (TPSA) is 50.4 Å². The van der Waals surface area contributed by atoms with Gasteiger partial charge in [-0.2, -0.15) is 0 Å². The van der Waals surface area contributed by atoms with Crippen LogP contribution in [0.4, 0.5) is 0 Å². The van der Waals surface area contributed by atoms with Crippen LogP contribution < -0.4 is 11.1 Å². The number of benzene rings is 1. The summed E-state index contributed by atoms with van der Waals surface area (Å²) in [5.74, 6) is 0.465. The van der Waals surface area contributed by atoms with Gasteiger partial charge in [-0.3, -0.25) is 4.99 Å². The Kier molecular flexibility index (Phi) is 4.86. The molecule has 0 aliphatic heterocycles. The van der Waals surface area contributed by atoms with E-state index in [4.69, 9.17) is 17.3 Å². The zero-order valence-electron chi connectivity index (χ0n) is 12.4. The molecular weight excluding hydrogens is 258 g/mol. The van der Waals surface area contributed by atoms with Gasteiger partial charge in [-0.05, 0) is 32.4 Å². The molecule has 3 N–H and O–H groups in total. The van der Waals surface area contributed by atoms with Crippen molar-refractivity contribution in [3.05, 3.63) is 34.9 Å². The lowest BCUT2D eigenvalue weighted by atomic mass is 9.85. The number of aliphatic imine (C=N–C) groups is 1. The van der Waals surface area contributed by atoms with Crippen molar-refractivity contribution in [1.82, 2.24) is 5.32 Å². The lowest BCUT2D eigenvalue weighted by Gasteiger charge is -2.26. The molecule has 0 amide bonds. The molecule has 0 bridgehead atoms. The van der Waals surface area contributed by atoms with Crippen molar-refractivity contribution in [2.45, 2.75) is 45.6 Å². The first-order chi connectivity index (χ1) is 8.62. The van der Waals surface area contributed by atoms with E-state index in [9.17, 15) is 0 Å². The molecular formula is C15H24ClN3. The average molecular weight is 282 g/mol. The van der Waals surface area contributed by atoms with Gasteiger partial charge in [0.05, 0.1) is 6.54 Å². The number of hydrogen-bond acceptors (Lipinski definition) is 1. The summed E-state index contributed by atoms with van der Waals surface area (Å²) in [6, 6.07) is 7.86. The largest absolute Gasteiger partial charge is 0.370 e. The number of rotatable bonds is 3. The second kappa shape index (κ2) is 5.83. The van der Waals surface area contributed by atoms with E-state index < -0.39 is 0 Å². The second-order valence-corrected chi connectivity index (χ2v) is 6.85. The normalized spacial score (nSPS) is 13.5. The van der Waals surface area contributed by atoms with E-state index in [-0.39, 0.29) is 11.0 Å². The summed E-state index contributed by atoms with van der Waals surface area (Å²) in [4.78, 5) is 4.42. The number of nitrogens with zero attached hydrogens (tertiary/aromatic N) is 1. The van der Waals surface area contributed by atoms with Crippen molar-refractivity contribution in [2.24, 2.45) is 10.7 Å². The van der Waals surface area contributed by atoms with Gasteiger partial charge in [0.1, 0.15) is 0 Å². The molecule has 0 heterocycles. The van der Waals surface area contributed by atoms with Crippen LogP contribution in [0.25, 0.3) is 0 Å². The molecule has 1 aromatic rings. The van der Waals surface area contributed by atoms with Gasteiger partial charge in [-0.25, -0.2) is 0 Å². The van der Waals surface area contributed by atoms with Crippen LogP contribution in [0.2, 0.25) is 5.02 Å². The highest BCUT2D eigenvalue weighted by atomic mass is 35.5. The van der Waals surface area contributed by atoms with Crippen LogP contribution in [0.3, 0.4) is 0 Å². The van der Waals surface area contributed by atoms with E-state index in [2.05, 4.69) is 44.9 Å². The Bertz CT molecular complexity index is 459. The van der Waals surface area contributed by atoms with Crippen molar-refractivity contribution in [2.75, 3.05) is 6.54 Å². The molecule has 0 spiro atoms. The number of hydrogen-bond donors (Lipinski definition) is 2. The molecule has 0 aliphatic rings. The molecule has 0 fully saturated rings. The van der Waals surface area contributed by atoms with Crippen molar-refractivity contribution in [3.63, 3.8) is 0 Å². The number of guanidine groups is 1. The van der Waals surface area contributed by atoms with Crippen LogP contribution in [-0.4, -0.2) is 18.0 Å². The van der Waals surface area contributed by atoms with Gasteiger partial charge in [-0.15, -0.1) is 0 Å².